The Hall–Kier alpha value is 0.986. The van der Waals surface area contributed by atoms with E-state index in [9.17, 15) is 0 Å². The third-order valence-electron chi connectivity index (χ3n) is 1.76. The summed E-state index contributed by atoms with van der Waals surface area (Å²) in [6.07, 6.45) is 12.8. The van der Waals surface area contributed by atoms with Crippen molar-refractivity contribution in [3.8, 4) is 0 Å². The molecule has 2 heteroatoms. The maximum Gasteiger partial charge on any atom is -1.00 e. The average molecular weight is 243 g/mol. The van der Waals surface area contributed by atoms with Crippen molar-refractivity contribution in [2.75, 3.05) is 0 Å². The van der Waals surface area contributed by atoms with Crippen molar-refractivity contribution in [1.82, 2.24) is 0 Å². The van der Waals surface area contributed by atoms with Crippen molar-refractivity contribution in [3.05, 3.63) is 12.2 Å². The molecule has 0 radical (unpaired) electrons. The zero-order valence-corrected chi connectivity index (χ0v) is 11.2. The predicted molar refractivity (Wildman–Crippen MR) is 53.1 cm³/mol. The largest absolute Gasteiger partial charge is 1.00 e. The van der Waals surface area contributed by atoms with Crippen molar-refractivity contribution in [2.45, 2.75) is 50.0 Å². The number of hydrogen-bond donors (Lipinski definition) is 0. The van der Waals surface area contributed by atoms with Gasteiger partial charge in [0.15, 0.2) is 0 Å². The summed E-state index contributed by atoms with van der Waals surface area (Å²) in [5.41, 5.74) is 0. The van der Waals surface area contributed by atoms with Gasteiger partial charge in [-0.1, -0.05) is 0 Å². The summed E-state index contributed by atoms with van der Waals surface area (Å²) in [6, 6.07) is 0. The van der Waals surface area contributed by atoms with Crippen LogP contribution in [0.25, 0.3) is 0 Å². The van der Waals surface area contributed by atoms with Crippen LogP contribution in [0.2, 0.25) is 4.55 Å². The van der Waals surface area contributed by atoms with Crippen molar-refractivity contribution >= 4 is 21.7 Å². The van der Waals surface area contributed by atoms with Crippen molar-refractivity contribution in [2.24, 2.45) is 0 Å². The Labute approximate surface area is 100 Å². The van der Waals surface area contributed by atoms with Gasteiger partial charge in [-0.2, -0.15) is 0 Å². The quantitative estimate of drug-likeness (QED) is 0.347. The molecule has 0 spiro atoms. The monoisotopic (exact) mass is 242 g/mol. The van der Waals surface area contributed by atoms with Crippen LogP contribution in [0.5, 0.6) is 0 Å². The minimum Gasteiger partial charge on any atom is -1.00 e. The smallest absolute Gasteiger partial charge is 1.00 e. The van der Waals surface area contributed by atoms with Gasteiger partial charge in [0.05, 0.1) is 0 Å². The zero-order valence-electron chi connectivity index (χ0n) is 8.19. The molecule has 0 aliphatic carbocycles. The van der Waals surface area contributed by atoms with Gasteiger partial charge in [-0.05, 0) is 0 Å². The molecule has 0 N–H and O–H groups in total. The van der Waals surface area contributed by atoms with Gasteiger partial charge in [0, 0.05) is 0 Å². The molecule has 0 aromatic heterocycles. The molecular weight excluding hydrogens is 224 g/mol. The van der Waals surface area contributed by atoms with Crippen molar-refractivity contribution in [1.29, 1.82) is 0 Å². The molecule has 0 saturated heterocycles. The van der Waals surface area contributed by atoms with E-state index in [1.165, 1.54) is 43.1 Å². The van der Waals surface area contributed by atoms with E-state index in [2.05, 4.69) is 40.8 Å². The minimum atomic E-state index is 0. The molecule has 0 aromatic carbocycles. The molecule has 0 aliphatic rings. The standard InChI is InChI=1S/C10H19.BrH.Mg/c1-3-5-7-9-10-8-6-4-2;;/h5,7H,1,3-4,6,8-10H2,2H3;1H;/q;;+1/p-1/b7-5-;;. The van der Waals surface area contributed by atoms with Gasteiger partial charge in [-0.25, -0.2) is 0 Å². The van der Waals surface area contributed by atoms with E-state index in [4.69, 9.17) is 0 Å². The third kappa shape index (κ3) is 13.6. The van der Waals surface area contributed by atoms with Crippen LogP contribution in [0.15, 0.2) is 12.2 Å². The first-order valence-corrected chi connectivity index (χ1v) is 5.86. The Morgan fingerprint density at radius 2 is 1.67 bits per heavy atom. The summed E-state index contributed by atoms with van der Waals surface area (Å²) in [4.78, 5) is 0. The number of halogens is 1. The Morgan fingerprint density at radius 1 is 1.00 bits per heavy atom. The van der Waals surface area contributed by atoms with Gasteiger partial charge in [-0.15, -0.1) is 0 Å². The molecular formula is C10H19BrMg. The fourth-order valence-corrected chi connectivity index (χ4v) is 1.28. The van der Waals surface area contributed by atoms with Gasteiger partial charge >= 0.3 is 83.9 Å². The number of unbranched alkanes of at least 4 members (excludes halogenated alkanes) is 4. The van der Waals surface area contributed by atoms with Crippen LogP contribution in [0.1, 0.15) is 45.4 Å². The van der Waals surface area contributed by atoms with Crippen LogP contribution in [0.4, 0.5) is 0 Å². The first-order valence-electron chi connectivity index (χ1n) is 4.86. The average Bonchev–Trinajstić information content (AvgIpc) is 2.03. The van der Waals surface area contributed by atoms with E-state index in [1.807, 2.05) is 0 Å². The number of hydrogen-bond acceptors (Lipinski definition) is 0. The van der Waals surface area contributed by atoms with Crippen LogP contribution < -0.4 is 17.0 Å². The van der Waals surface area contributed by atoms with Crippen LogP contribution in [-0.4, -0.2) is 21.7 Å². The molecule has 0 amide bonds. The van der Waals surface area contributed by atoms with Crippen LogP contribution in [0, 0.1) is 0 Å². The van der Waals surface area contributed by atoms with Gasteiger partial charge < -0.3 is 17.0 Å². The second-order valence-corrected chi connectivity index (χ2v) is 3.67. The van der Waals surface area contributed by atoms with Gasteiger partial charge in [0.25, 0.3) is 0 Å². The predicted octanol–water partition coefficient (Wildman–Crippen LogP) is 0.494. The number of rotatable bonds is 7. The topological polar surface area (TPSA) is 0 Å². The summed E-state index contributed by atoms with van der Waals surface area (Å²) in [5, 5.41) is 0. The van der Waals surface area contributed by atoms with E-state index in [0.717, 1.165) is 0 Å². The summed E-state index contributed by atoms with van der Waals surface area (Å²) < 4.78 is 1.31. The molecule has 12 heavy (non-hydrogen) atoms. The SMILES string of the molecule is CCCCCC/C=C\C[CH2][Mg+].[Br-]. The maximum atomic E-state index is 2.34. The molecule has 68 valence electrons. The van der Waals surface area contributed by atoms with Gasteiger partial charge in [-0.3, -0.25) is 0 Å². The van der Waals surface area contributed by atoms with E-state index in [-0.39, 0.29) is 17.0 Å². The molecule has 0 heterocycles. The molecule has 0 nitrogen and oxygen atoms in total. The zero-order chi connectivity index (χ0) is 8.36. The van der Waals surface area contributed by atoms with Gasteiger partial charge in [0.2, 0.25) is 0 Å². The molecule has 0 saturated carbocycles. The number of allylic oxidation sites excluding steroid dienone is 2. The molecule has 0 bridgehead atoms. The Morgan fingerprint density at radius 3 is 2.25 bits per heavy atom. The molecule has 0 unspecified atom stereocenters. The second-order valence-electron chi connectivity index (χ2n) is 2.96. The molecule has 0 rings (SSSR count). The van der Waals surface area contributed by atoms with Crippen LogP contribution in [-0.2, 0) is 0 Å². The van der Waals surface area contributed by atoms with E-state index in [1.54, 1.807) is 0 Å². The fourth-order valence-electron chi connectivity index (χ4n) is 1.04. The molecule has 0 fully saturated rings. The fraction of sp³-hybridized carbons (Fsp3) is 0.800. The summed E-state index contributed by atoms with van der Waals surface area (Å²) >= 11 is 2.05. The first-order chi connectivity index (χ1) is 5.41. The van der Waals surface area contributed by atoms with Gasteiger partial charge in [0.1, 0.15) is 0 Å². The van der Waals surface area contributed by atoms with Crippen LogP contribution in [0.3, 0.4) is 0 Å². The molecule has 0 aliphatic heterocycles. The first kappa shape index (κ1) is 15.5. The minimum absolute atomic E-state index is 0. The van der Waals surface area contributed by atoms with E-state index >= 15 is 0 Å². The maximum absolute atomic E-state index is 2.34. The Balaban J connectivity index is 0. The summed E-state index contributed by atoms with van der Waals surface area (Å²) in [5.74, 6) is 0. The normalized spacial score (nSPS) is 10.2. The second kappa shape index (κ2) is 14.5. The molecule has 0 atom stereocenters. The summed E-state index contributed by atoms with van der Waals surface area (Å²) in [7, 11) is 0. The molecule has 0 aromatic rings. The third-order valence-corrected chi connectivity index (χ3v) is 2.17. The van der Waals surface area contributed by atoms with Crippen molar-refractivity contribution in [3.63, 3.8) is 0 Å². The van der Waals surface area contributed by atoms with Crippen molar-refractivity contribution < 1.29 is 17.0 Å². The summed E-state index contributed by atoms with van der Waals surface area (Å²) in [6.45, 7) is 2.26. The van der Waals surface area contributed by atoms with E-state index in [0.29, 0.717) is 0 Å². The van der Waals surface area contributed by atoms with E-state index < -0.39 is 0 Å². The van der Waals surface area contributed by atoms with Crippen LogP contribution >= 0.6 is 0 Å². The Kier molecular flexibility index (Phi) is 18.7. The Bertz CT molecular complexity index is 91.8.